The zero-order chi connectivity index (χ0) is 13.5. The number of nitrogens with zero attached hydrogens (tertiary/aromatic N) is 2. The molecule has 0 aliphatic carbocycles. The van der Waals surface area contributed by atoms with E-state index in [4.69, 9.17) is 10.9 Å². The number of carbonyl (C=O) groups excluding carboxylic acids is 1. The van der Waals surface area contributed by atoms with E-state index in [-0.39, 0.29) is 11.7 Å². The lowest BCUT2D eigenvalue weighted by atomic mass is 10.1. The summed E-state index contributed by atoms with van der Waals surface area (Å²) in [5.74, 6) is 0.150. The zero-order valence-corrected chi connectivity index (χ0v) is 10.8. The van der Waals surface area contributed by atoms with Gasteiger partial charge in [0.15, 0.2) is 0 Å². The summed E-state index contributed by atoms with van der Waals surface area (Å²) in [5, 5.41) is 11.3. The van der Waals surface area contributed by atoms with E-state index in [2.05, 4.69) is 5.16 Å². The van der Waals surface area contributed by atoms with E-state index in [0.717, 1.165) is 11.1 Å². The molecule has 98 valence electrons. The minimum absolute atomic E-state index is 0.0198. The third-order valence-corrected chi connectivity index (χ3v) is 2.70. The van der Waals surface area contributed by atoms with Gasteiger partial charge < -0.3 is 15.8 Å². The Labute approximate surface area is 107 Å². The Morgan fingerprint density at radius 1 is 1.50 bits per heavy atom. The monoisotopic (exact) mass is 249 g/mol. The Hall–Kier alpha value is -2.04. The molecule has 1 aromatic carbocycles. The highest BCUT2D eigenvalue weighted by molar-refractivity contribution is 5.82. The zero-order valence-electron chi connectivity index (χ0n) is 10.8. The summed E-state index contributed by atoms with van der Waals surface area (Å²) >= 11 is 0. The number of oxime groups is 1. The van der Waals surface area contributed by atoms with Gasteiger partial charge in [0.1, 0.15) is 5.84 Å². The Morgan fingerprint density at radius 2 is 2.22 bits per heavy atom. The van der Waals surface area contributed by atoms with E-state index in [1.165, 1.54) is 0 Å². The molecule has 0 unspecified atom stereocenters. The van der Waals surface area contributed by atoms with Crippen molar-refractivity contribution >= 4 is 11.7 Å². The molecular weight excluding hydrogens is 230 g/mol. The molecule has 1 aromatic rings. The number of hydrogen-bond donors (Lipinski definition) is 2. The van der Waals surface area contributed by atoms with Crippen LogP contribution in [0.5, 0.6) is 0 Å². The first-order valence-corrected chi connectivity index (χ1v) is 5.79. The van der Waals surface area contributed by atoms with Crippen LogP contribution in [0.2, 0.25) is 0 Å². The fourth-order valence-corrected chi connectivity index (χ4v) is 1.59. The second-order valence-electron chi connectivity index (χ2n) is 4.32. The first-order valence-electron chi connectivity index (χ1n) is 5.79. The summed E-state index contributed by atoms with van der Waals surface area (Å²) in [6.45, 7) is 2.44. The van der Waals surface area contributed by atoms with Crippen molar-refractivity contribution in [1.29, 1.82) is 0 Å². The van der Waals surface area contributed by atoms with Gasteiger partial charge in [-0.15, -0.1) is 0 Å². The van der Waals surface area contributed by atoms with Crippen molar-refractivity contribution in [3.63, 3.8) is 0 Å². The fraction of sp³-hybridized carbons (Fsp3) is 0.385. The number of rotatable bonds is 5. The third-order valence-electron chi connectivity index (χ3n) is 2.70. The van der Waals surface area contributed by atoms with Gasteiger partial charge in [0.2, 0.25) is 5.91 Å². The molecule has 0 aliphatic heterocycles. The van der Waals surface area contributed by atoms with E-state index in [1.807, 2.05) is 31.2 Å². The predicted molar refractivity (Wildman–Crippen MR) is 70.5 cm³/mol. The first-order chi connectivity index (χ1) is 8.52. The normalized spacial score (nSPS) is 11.3. The molecule has 0 saturated carbocycles. The van der Waals surface area contributed by atoms with Crippen LogP contribution >= 0.6 is 0 Å². The molecule has 0 fully saturated rings. The average Bonchev–Trinajstić information content (AvgIpc) is 2.35. The minimum atomic E-state index is 0.0198. The number of amidine groups is 1. The summed E-state index contributed by atoms with van der Waals surface area (Å²) in [7, 11) is 1.71. The molecule has 1 rings (SSSR count). The highest BCUT2D eigenvalue weighted by atomic mass is 16.4. The molecule has 3 N–H and O–H groups in total. The Bertz CT molecular complexity index is 444. The number of hydrogen-bond acceptors (Lipinski definition) is 3. The SMILES string of the molecule is Cc1cccc(CC(=O)N(C)CCC(N)=NO)c1. The lowest BCUT2D eigenvalue weighted by Gasteiger charge is -2.16. The van der Waals surface area contributed by atoms with Gasteiger partial charge in [-0.3, -0.25) is 4.79 Å². The topological polar surface area (TPSA) is 78.9 Å². The van der Waals surface area contributed by atoms with Crippen molar-refractivity contribution in [2.45, 2.75) is 19.8 Å². The van der Waals surface area contributed by atoms with Crippen LogP contribution in [0.1, 0.15) is 17.5 Å². The van der Waals surface area contributed by atoms with Crippen molar-refractivity contribution in [2.24, 2.45) is 10.9 Å². The second kappa shape index (κ2) is 6.64. The predicted octanol–water partition coefficient (Wildman–Crippen LogP) is 1.13. The summed E-state index contributed by atoms with van der Waals surface area (Å²) in [6, 6.07) is 7.86. The van der Waals surface area contributed by atoms with Crippen molar-refractivity contribution in [1.82, 2.24) is 4.90 Å². The smallest absolute Gasteiger partial charge is 0.226 e. The van der Waals surface area contributed by atoms with Crippen molar-refractivity contribution < 1.29 is 10.0 Å². The molecule has 0 aromatic heterocycles. The molecule has 1 amide bonds. The maximum Gasteiger partial charge on any atom is 0.226 e. The van der Waals surface area contributed by atoms with E-state index in [9.17, 15) is 4.79 Å². The van der Waals surface area contributed by atoms with Crippen LogP contribution in [0.15, 0.2) is 29.4 Å². The number of benzene rings is 1. The fourth-order valence-electron chi connectivity index (χ4n) is 1.59. The summed E-state index contributed by atoms with van der Waals surface area (Å²) < 4.78 is 0. The quantitative estimate of drug-likeness (QED) is 0.355. The molecule has 0 spiro atoms. The number of carbonyl (C=O) groups is 1. The van der Waals surface area contributed by atoms with Gasteiger partial charge in [0.25, 0.3) is 0 Å². The van der Waals surface area contributed by atoms with Crippen LogP contribution in [0.4, 0.5) is 0 Å². The molecule has 0 atom stereocenters. The average molecular weight is 249 g/mol. The van der Waals surface area contributed by atoms with E-state index in [0.29, 0.717) is 19.4 Å². The Balaban J connectivity index is 2.50. The van der Waals surface area contributed by atoms with E-state index in [1.54, 1.807) is 11.9 Å². The van der Waals surface area contributed by atoms with Gasteiger partial charge in [-0.25, -0.2) is 0 Å². The van der Waals surface area contributed by atoms with Crippen molar-refractivity contribution in [3.8, 4) is 0 Å². The van der Waals surface area contributed by atoms with Crippen molar-refractivity contribution in [3.05, 3.63) is 35.4 Å². The van der Waals surface area contributed by atoms with Gasteiger partial charge >= 0.3 is 0 Å². The van der Waals surface area contributed by atoms with Crippen LogP contribution in [0, 0.1) is 6.92 Å². The highest BCUT2D eigenvalue weighted by Crippen LogP contribution is 2.06. The molecular formula is C13H19N3O2. The summed E-state index contributed by atoms with van der Waals surface area (Å²) in [6.07, 6.45) is 0.737. The number of amides is 1. The molecule has 0 heterocycles. The van der Waals surface area contributed by atoms with Gasteiger partial charge in [-0.1, -0.05) is 35.0 Å². The van der Waals surface area contributed by atoms with Crippen LogP contribution < -0.4 is 5.73 Å². The minimum Gasteiger partial charge on any atom is -0.409 e. The lowest BCUT2D eigenvalue weighted by molar-refractivity contribution is -0.129. The van der Waals surface area contributed by atoms with Crippen LogP contribution in [0.25, 0.3) is 0 Å². The summed E-state index contributed by atoms with van der Waals surface area (Å²) in [4.78, 5) is 13.5. The molecule has 5 nitrogen and oxygen atoms in total. The van der Waals surface area contributed by atoms with Crippen LogP contribution in [-0.4, -0.2) is 35.4 Å². The second-order valence-corrected chi connectivity index (χ2v) is 4.32. The third kappa shape index (κ3) is 4.45. The number of aryl methyl sites for hydroxylation is 1. The maximum absolute atomic E-state index is 11.9. The Morgan fingerprint density at radius 3 is 2.83 bits per heavy atom. The van der Waals surface area contributed by atoms with Crippen LogP contribution in [0.3, 0.4) is 0 Å². The number of likely N-dealkylation sites (N-methyl/N-ethyl adjacent to an activating group) is 1. The Kier molecular flexibility index (Phi) is 5.17. The van der Waals surface area contributed by atoms with Gasteiger partial charge in [-0.2, -0.15) is 0 Å². The van der Waals surface area contributed by atoms with Gasteiger partial charge in [-0.05, 0) is 12.5 Å². The molecule has 0 radical (unpaired) electrons. The van der Waals surface area contributed by atoms with E-state index >= 15 is 0 Å². The molecule has 0 aliphatic rings. The molecule has 5 heteroatoms. The van der Waals surface area contributed by atoms with Crippen molar-refractivity contribution in [2.75, 3.05) is 13.6 Å². The standard InChI is InChI=1S/C13H19N3O2/c1-10-4-3-5-11(8-10)9-13(17)16(2)7-6-12(14)15-18/h3-5,8,18H,6-7,9H2,1-2H3,(H2,14,15). The highest BCUT2D eigenvalue weighted by Gasteiger charge is 2.10. The van der Waals surface area contributed by atoms with E-state index < -0.39 is 0 Å². The lowest BCUT2D eigenvalue weighted by Crippen LogP contribution is -2.31. The van der Waals surface area contributed by atoms with Crippen LogP contribution in [-0.2, 0) is 11.2 Å². The summed E-state index contributed by atoms with van der Waals surface area (Å²) in [5.41, 5.74) is 7.49. The number of nitrogens with two attached hydrogens (primary N) is 1. The molecule has 0 bridgehead atoms. The molecule has 18 heavy (non-hydrogen) atoms. The van der Waals surface area contributed by atoms with Gasteiger partial charge in [0.05, 0.1) is 6.42 Å². The first kappa shape index (κ1) is 14.0. The molecule has 0 saturated heterocycles. The van der Waals surface area contributed by atoms with Gasteiger partial charge in [0, 0.05) is 20.0 Å². The maximum atomic E-state index is 11.9. The largest absolute Gasteiger partial charge is 0.409 e.